The van der Waals surface area contributed by atoms with Crippen molar-refractivity contribution >= 4 is 33.3 Å². The largest absolute Gasteiger partial charge is 0.381 e. The van der Waals surface area contributed by atoms with Gasteiger partial charge in [0.15, 0.2) is 0 Å². The van der Waals surface area contributed by atoms with Crippen LogP contribution in [0, 0.1) is 6.92 Å². The topological polar surface area (TPSA) is 26.0 Å². The fourth-order valence-electron chi connectivity index (χ4n) is 1.21. The van der Waals surface area contributed by atoms with E-state index in [4.69, 9.17) is 16.4 Å². The predicted molar refractivity (Wildman–Crippen MR) is 52.1 cm³/mol. The van der Waals surface area contributed by atoms with Crippen molar-refractivity contribution < 1.29 is 9.57 Å². The Kier molecular flexibility index (Phi) is 2.09. The Morgan fingerprint density at radius 2 is 2.31 bits per heavy atom. The van der Waals surface area contributed by atoms with Gasteiger partial charge in [-0.05, 0) is 33.4 Å². The minimum atomic E-state index is 0.534. The lowest BCUT2D eigenvalue weighted by Gasteiger charge is -1.98. The highest BCUT2D eigenvalue weighted by atomic mass is 35.5. The second-order valence-electron chi connectivity index (χ2n) is 2.61. The molecule has 0 aliphatic heterocycles. The summed E-state index contributed by atoms with van der Waals surface area (Å²) in [5.74, 6) is 0. The van der Waals surface area contributed by atoms with Crippen molar-refractivity contribution in [2.24, 2.45) is 0 Å². The normalized spacial score (nSPS) is 10.7. The van der Waals surface area contributed by atoms with Crippen LogP contribution in [0.1, 0.15) is 5.69 Å². The van der Waals surface area contributed by atoms with Gasteiger partial charge in [-0.15, -0.1) is 0 Å². The first-order valence-corrected chi connectivity index (χ1v) is 4.94. The van der Waals surface area contributed by atoms with Crippen molar-refractivity contribution in [3.8, 4) is 0 Å². The molecule has 2 aromatic heterocycles. The molecule has 2 rings (SSSR count). The van der Waals surface area contributed by atoms with Crippen molar-refractivity contribution in [1.82, 2.24) is 4.98 Å². The number of fused-ring (bicyclic) bond motifs is 1. The van der Waals surface area contributed by atoms with Gasteiger partial charge >= 0.3 is 5.65 Å². The van der Waals surface area contributed by atoms with E-state index >= 15 is 0 Å². The first kappa shape index (κ1) is 8.72. The molecule has 0 bridgehead atoms. The second kappa shape index (κ2) is 3.12. The molecule has 0 radical (unpaired) electrons. The van der Waals surface area contributed by atoms with Crippen LogP contribution in [-0.2, 0) is 0 Å². The summed E-state index contributed by atoms with van der Waals surface area (Å²) in [5, 5.41) is 0. The summed E-state index contributed by atoms with van der Waals surface area (Å²) >= 11 is 7.25. The van der Waals surface area contributed by atoms with Crippen LogP contribution >= 0.6 is 22.9 Å². The van der Waals surface area contributed by atoms with E-state index in [0.717, 1.165) is 16.0 Å². The predicted octanol–water partition coefficient (Wildman–Crippen LogP) is 1.60. The highest BCUT2D eigenvalue weighted by Crippen LogP contribution is 2.22. The average Bonchev–Trinajstić information content (AvgIpc) is 2.45. The molecule has 3 nitrogen and oxygen atoms in total. The molecule has 0 spiro atoms. The molecule has 0 N–H and O–H groups in total. The van der Waals surface area contributed by atoms with Crippen LogP contribution in [-0.4, -0.2) is 12.1 Å². The van der Waals surface area contributed by atoms with Crippen LogP contribution in [0.15, 0.2) is 12.1 Å². The van der Waals surface area contributed by atoms with E-state index in [1.54, 1.807) is 11.8 Å². The van der Waals surface area contributed by atoms with Gasteiger partial charge in [0.25, 0.3) is 4.47 Å². The number of pyridine rings is 1. The molecule has 0 aromatic carbocycles. The van der Waals surface area contributed by atoms with Crippen molar-refractivity contribution in [3.63, 3.8) is 0 Å². The lowest BCUT2D eigenvalue weighted by Crippen LogP contribution is -2.44. The van der Waals surface area contributed by atoms with Crippen LogP contribution < -0.4 is 9.57 Å². The Morgan fingerprint density at radius 3 is 3.00 bits per heavy atom. The Balaban J connectivity index is 2.82. The minimum Gasteiger partial charge on any atom is -0.338 e. The lowest BCUT2D eigenvalue weighted by atomic mass is 10.4. The van der Waals surface area contributed by atoms with E-state index in [1.165, 1.54) is 11.3 Å². The van der Waals surface area contributed by atoms with Crippen LogP contribution in [0.5, 0.6) is 0 Å². The third-order valence-electron chi connectivity index (χ3n) is 1.78. The van der Waals surface area contributed by atoms with Crippen LogP contribution in [0.25, 0.3) is 10.3 Å². The van der Waals surface area contributed by atoms with Crippen molar-refractivity contribution in [3.05, 3.63) is 22.3 Å². The molecule has 0 saturated carbocycles. The number of aryl methyl sites for hydroxylation is 1. The molecule has 0 aliphatic rings. The Bertz CT molecular complexity index is 455. The van der Waals surface area contributed by atoms with Gasteiger partial charge in [-0.3, -0.25) is 0 Å². The number of aromatic nitrogens is 2. The summed E-state index contributed by atoms with van der Waals surface area (Å²) in [6, 6.07) is 3.96. The van der Waals surface area contributed by atoms with Crippen molar-refractivity contribution in [2.45, 2.75) is 6.92 Å². The first-order chi connectivity index (χ1) is 6.22. The number of nitrogens with zero attached hydrogens (tertiary/aromatic N) is 2. The van der Waals surface area contributed by atoms with E-state index in [1.807, 2.05) is 19.1 Å². The molecule has 0 atom stereocenters. The van der Waals surface area contributed by atoms with Gasteiger partial charge in [-0.25, -0.2) is 0 Å². The zero-order valence-electron chi connectivity index (χ0n) is 7.24. The van der Waals surface area contributed by atoms with Crippen LogP contribution in [0.4, 0.5) is 0 Å². The maximum Gasteiger partial charge on any atom is 0.381 e. The number of hydrogen-bond acceptors (Lipinski definition) is 3. The zero-order valence-corrected chi connectivity index (χ0v) is 8.82. The molecule has 2 aromatic rings. The van der Waals surface area contributed by atoms with E-state index in [0.29, 0.717) is 4.47 Å². The lowest BCUT2D eigenvalue weighted by molar-refractivity contribution is -0.870. The summed E-state index contributed by atoms with van der Waals surface area (Å²) in [5.41, 5.74) is 1.77. The minimum absolute atomic E-state index is 0.534. The third-order valence-corrected chi connectivity index (χ3v) is 2.89. The first-order valence-electron chi connectivity index (χ1n) is 3.74. The quantitative estimate of drug-likeness (QED) is 0.676. The van der Waals surface area contributed by atoms with Gasteiger partial charge < -0.3 is 4.84 Å². The number of rotatable bonds is 1. The summed E-state index contributed by atoms with van der Waals surface area (Å²) in [6.07, 6.45) is 0. The Labute approximate surface area is 84.5 Å². The fraction of sp³-hybridized carbons (Fsp3) is 0.250. The van der Waals surface area contributed by atoms with E-state index in [-0.39, 0.29) is 0 Å². The Morgan fingerprint density at radius 1 is 1.54 bits per heavy atom. The van der Waals surface area contributed by atoms with Crippen molar-refractivity contribution in [2.75, 3.05) is 7.11 Å². The summed E-state index contributed by atoms with van der Waals surface area (Å²) < 4.78 is 3.22. The smallest absolute Gasteiger partial charge is 0.338 e. The fourth-order valence-corrected chi connectivity index (χ4v) is 2.21. The number of thiazole rings is 1. The van der Waals surface area contributed by atoms with Crippen LogP contribution in [0.3, 0.4) is 0 Å². The molecule has 0 saturated heterocycles. The molecular weight excluding hydrogens is 208 g/mol. The van der Waals surface area contributed by atoms with Gasteiger partial charge in [0.1, 0.15) is 17.5 Å². The summed E-state index contributed by atoms with van der Waals surface area (Å²) in [6.45, 7) is 1.95. The maximum absolute atomic E-state index is 5.80. The Hall–Kier alpha value is -0.870. The van der Waals surface area contributed by atoms with Gasteiger partial charge in [0, 0.05) is 6.92 Å². The number of halogens is 1. The highest BCUT2D eigenvalue weighted by Gasteiger charge is 2.17. The molecule has 0 aliphatic carbocycles. The monoisotopic (exact) mass is 215 g/mol. The van der Waals surface area contributed by atoms with E-state index in [2.05, 4.69) is 4.98 Å². The molecule has 0 amide bonds. The molecular formula is C8H8ClN2OS+. The second-order valence-corrected chi connectivity index (χ2v) is 4.22. The van der Waals surface area contributed by atoms with Gasteiger partial charge in [0.05, 0.1) is 0 Å². The summed E-state index contributed by atoms with van der Waals surface area (Å²) in [7, 11) is 1.61. The summed E-state index contributed by atoms with van der Waals surface area (Å²) in [4.78, 5) is 9.34. The maximum atomic E-state index is 5.80. The molecule has 0 fully saturated rings. The van der Waals surface area contributed by atoms with Gasteiger partial charge in [-0.2, -0.15) is 0 Å². The van der Waals surface area contributed by atoms with Crippen LogP contribution in [0.2, 0.25) is 4.47 Å². The molecule has 13 heavy (non-hydrogen) atoms. The molecule has 5 heteroatoms. The third kappa shape index (κ3) is 1.36. The highest BCUT2D eigenvalue weighted by molar-refractivity contribution is 7.21. The number of hydrogen-bond donors (Lipinski definition) is 0. The standard InChI is InChI=1S/C8H8ClN2OS/c1-5-3-4-6-7(11(5)12-2)10-8(9)13-6/h3-4H,1-2H3/q+1. The van der Waals surface area contributed by atoms with Gasteiger partial charge in [-0.1, -0.05) is 11.3 Å². The van der Waals surface area contributed by atoms with Gasteiger partial charge in [0.2, 0.25) is 0 Å². The molecule has 2 heterocycles. The molecule has 0 unspecified atom stereocenters. The zero-order chi connectivity index (χ0) is 9.42. The molecule has 68 valence electrons. The van der Waals surface area contributed by atoms with E-state index < -0.39 is 0 Å². The van der Waals surface area contributed by atoms with E-state index in [9.17, 15) is 0 Å². The average molecular weight is 216 g/mol. The SMILES string of the molecule is CO[n+]1c(C)ccc2sc(Cl)nc21. The van der Waals surface area contributed by atoms with Crippen molar-refractivity contribution in [1.29, 1.82) is 0 Å².